The van der Waals surface area contributed by atoms with Gasteiger partial charge in [0.25, 0.3) is 5.89 Å². The smallest absolute Gasteiger partial charge is 0.284 e. The second-order valence-electron chi connectivity index (χ2n) is 10.6. The highest BCUT2D eigenvalue weighted by Gasteiger charge is 2.29. The zero-order chi connectivity index (χ0) is 26.2. The molecule has 0 saturated heterocycles. The van der Waals surface area contributed by atoms with Crippen molar-refractivity contribution in [2.45, 2.75) is 63.9 Å². The molecule has 1 aliphatic carbocycles. The summed E-state index contributed by atoms with van der Waals surface area (Å²) < 4.78 is 7.38. The van der Waals surface area contributed by atoms with E-state index in [0.717, 1.165) is 28.1 Å². The van der Waals surface area contributed by atoms with Gasteiger partial charge in [0.2, 0.25) is 17.6 Å². The van der Waals surface area contributed by atoms with Crippen molar-refractivity contribution in [1.29, 1.82) is 0 Å². The Kier molecular flexibility index (Phi) is 6.59. The lowest BCUT2D eigenvalue weighted by Crippen LogP contribution is -2.11. The normalized spacial score (nSPS) is 17.8. The summed E-state index contributed by atoms with van der Waals surface area (Å²) in [4.78, 5) is 22.0. The summed E-state index contributed by atoms with van der Waals surface area (Å²) in [6, 6.07) is 7.97. The lowest BCUT2D eigenvalue weighted by molar-refractivity contribution is 0.0931. The fourth-order valence-electron chi connectivity index (χ4n) is 4.60. The van der Waals surface area contributed by atoms with Gasteiger partial charge in [0, 0.05) is 36.8 Å². The highest BCUT2D eigenvalue weighted by atomic mass is 16.4. The minimum atomic E-state index is -0.474. The predicted octanol–water partition coefficient (Wildman–Crippen LogP) is 4.36. The van der Waals surface area contributed by atoms with E-state index < -0.39 is 6.10 Å². The Morgan fingerprint density at radius 1 is 1.22 bits per heavy atom. The summed E-state index contributed by atoms with van der Waals surface area (Å²) in [7, 11) is 1.85. The fourth-order valence-corrected chi connectivity index (χ4v) is 4.60. The van der Waals surface area contributed by atoms with Crippen molar-refractivity contribution >= 4 is 17.4 Å². The number of ketones is 1. The van der Waals surface area contributed by atoms with Crippen LogP contribution in [-0.4, -0.2) is 46.9 Å². The first kappa shape index (κ1) is 24.8. The lowest BCUT2D eigenvalue weighted by atomic mass is 9.87. The van der Waals surface area contributed by atoms with E-state index in [0.29, 0.717) is 31.1 Å². The number of anilines is 2. The monoisotopic (exact) mass is 501 g/mol. The summed E-state index contributed by atoms with van der Waals surface area (Å²) in [6.45, 7) is 5.89. The summed E-state index contributed by atoms with van der Waals surface area (Å²) in [5, 5.41) is 26.0. The van der Waals surface area contributed by atoms with E-state index in [1.54, 1.807) is 17.1 Å². The number of aliphatic hydroxyl groups excluding tert-OH is 1. The van der Waals surface area contributed by atoms with Crippen LogP contribution in [-0.2, 0) is 18.9 Å². The zero-order valence-electron chi connectivity index (χ0n) is 21.5. The minimum absolute atomic E-state index is 0.0440. The van der Waals surface area contributed by atoms with E-state index in [-0.39, 0.29) is 29.4 Å². The fraction of sp³-hybridized carbons (Fsp3) is 0.407. The molecule has 4 aromatic rings. The summed E-state index contributed by atoms with van der Waals surface area (Å²) in [5.74, 6) is 0.730. The molecule has 192 valence electrons. The van der Waals surface area contributed by atoms with Crippen molar-refractivity contribution < 1.29 is 14.3 Å². The molecule has 1 aliphatic rings. The maximum Gasteiger partial charge on any atom is 0.284 e. The van der Waals surface area contributed by atoms with Crippen LogP contribution < -0.4 is 5.32 Å². The average molecular weight is 502 g/mol. The number of nitrogens with one attached hydrogen (secondary N) is 1. The maximum absolute atomic E-state index is 13.0. The highest BCUT2D eigenvalue weighted by Crippen LogP contribution is 2.36. The van der Waals surface area contributed by atoms with Crippen molar-refractivity contribution in [3.05, 3.63) is 65.8 Å². The number of carbonyl (C=O) groups excluding carboxylic acids is 1. The zero-order valence-corrected chi connectivity index (χ0v) is 21.5. The van der Waals surface area contributed by atoms with Gasteiger partial charge in [0.05, 0.1) is 23.7 Å². The van der Waals surface area contributed by atoms with Crippen LogP contribution in [0.15, 0.2) is 47.3 Å². The van der Waals surface area contributed by atoms with Crippen LogP contribution in [0.2, 0.25) is 0 Å². The molecule has 0 radical (unpaired) electrons. The Balaban J connectivity index is 1.39. The number of benzene rings is 1. The van der Waals surface area contributed by atoms with Gasteiger partial charge in [-0.25, -0.2) is 9.97 Å². The molecule has 3 aromatic heterocycles. The van der Waals surface area contributed by atoms with Gasteiger partial charge < -0.3 is 14.8 Å². The first-order valence-electron chi connectivity index (χ1n) is 12.4. The molecule has 2 atom stereocenters. The molecule has 10 heteroatoms. The largest absolute Gasteiger partial charge is 0.418 e. The third-order valence-electron chi connectivity index (χ3n) is 6.54. The van der Waals surface area contributed by atoms with Crippen molar-refractivity contribution in [2.75, 3.05) is 5.32 Å². The number of aromatic nitrogens is 6. The van der Waals surface area contributed by atoms with Gasteiger partial charge in [0.15, 0.2) is 0 Å². The molecule has 0 fully saturated rings. The van der Waals surface area contributed by atoms with Gasteiger partial charge in [-0.15, -0.1) is 10.2 Å². The highest BCUT2D eigenvalue weighted by molar-refractivity contribution is 5.92. The van der Waals surface area contributed by atoms with Gasteiger partial charge in [0.1, 0.15) is 0 Å². The van der Waals surface area contributed by atoms with Crippen molar-refractivity contribution in [1.82, 2.24) is 29.9 Å². The van der Waals surface area contributed by atoms with Gasteiger partial charge in [-0.3, -0.25) is 9.48 Å². The maximum atomic E-state index is 13.0. The van der Waals surface area contributed by atoms with Crippen LogP contribution in [0.1, 0.15) is 73.7 Å². The van der Waals surface area contributed by atoms with E-state index in [9.17, 15) is 9.90 Å². The van der Waals surface area contributed by atoms with E-state index in [1.165, 1.54) is 0 Å². The average Bonchev–Trinajstić information content (AvgIpc) is 3.48. The lowest BCUT2D eigenvalue weighted by Gasteiger charge is -2.17. The van der Waals surface area contributed by atoms with E-state index in [1.807, 2.05) is 52.2 Å². The van der Waals surface area contributed by atoms with Gasteiger partial charge in [-0.2, -0.15) is 5.10 Å². The molecule has 2 unspecified atom stereocenters. The molecule has 5 rings (SSSR count). The Hall–Kier alpha value is -3.92. The molecule has 0 spiro atoms. The number of Topliss-reactive ketones (excluding diaryl/α,β-unsaturated/α-hetero) is 1. The molecule has 0 bridgehead atoms. The molecule has 2 N–H and O–H groups in total. The molecule has 0 saturated carbocycles. The number of aliphatic hydroxyl groups is 1. The molecule has 10 nitrogen and oxygen atoms in total. The molecular formula is C27H31N7O3. The quantitative estimate of drug-likeness (QED) is 0.292. The third-order valence-corrected chi connectivity index (χ3v) is 6.54. The van der Waals surface area contributed by atoms with E-state index in [2.05, 4.69) is 36.6 Å². The summed E-state index contributed by atoms with van der Waals surface area (Å²) >= 11 is 0. The number of hydrogen-bond acceptors (Lipinski definition) is 9. The predicted molar refractivity (Wildman–Crippen MR) is 138 cm³/mol. The molecule has 1 aromatic carbocycles. The SMILES string of the molecule is Cn1cc(Nc2nccc(-c3ccc4c(c3)CC(O)CCC4CC(=O)c3nnc(C(C)(C)C)o3)n2)cn1. The van der Waals surface area contributed by atoms with Gasteiger partial charge >= 0.3 is 0 Å². The van der Waals surface area contributed by atoms with Crippen LogP contribution >= 0.6 is 0 Å². The van der Waals surface area contributed by atoms with E-state index >= 15 is 0 Å². The summed E-state index contributed by atoms with van der Waals surface area (Å²) in [6.07, 6.45) is 6.88. The van der Waals surface area contributed by atoms with Crippen LogP contribution in [0.5, 0.6) is 0 Å². The Morgan fingerprint density at radius 3 is 2.78 bits per heavy atom. The Labute approximate surface area is 215 Å². The molecular weight excluding hydrogens is 470 g/mol. The number of rotatable bonds is 6. The van der Waals surface area contributed by atoms with Crippen molar-refractivity contribution in [3.8, 4) is 11.3 Å². The molecule has 0 amide bonds. The Bertz CT molecular complexity index is 1420. The van der Waals surface area contributed by atoms with Gasteiger partial charge in [-0.05, 0) is 48.4 Å². The third kappa shape index (κ3) is 5.59. The van der Waals surface area contributed by atoms with Crippen LogP contribution in [0.4, 0.5) is 11.6 Å². The topological polar surface area (TPSA) is 132 Å². The minimum Gasteiger partial charge on any atom is -0.418 e. The van der Waals surface area contributed by atoms with Gasteiger partial charge in [-0.1, -0.05) is 32.9 Å². The molecule has 3 heterocycles. The van der Waals surface area contributed by atoms with Crippen molar-refractivity contribution in [3.63, 3.8) is 0 Å². The second kappa shape index (κ2) is 9.85. The first-order valence-corrected chi connectivity index (χ1v) is 12.4. The van der Waals surface area contributed by atoms with Crippen LogP contribution in [0.3, 0.4) is 0 Å². The first-order chi connectivity index (χ1) is 17.7. The van der Waals surface area contributed by atoms with Crippen molar-refractivity contribution in [2.24, 2.45) is 7.05 Å². The molecule has 37 heavy (non-hydrogen) atoms. The van der Waals surface area contributed by atoms with Crippen LogP contribution in [0, 0.1) is 0 Å². The number of fused-ring (bicyclic) bond motifs is 1. The summed E-state index contributed by atoms with van der Waals surface area (Å²) in [5.41, 5.74) is 4.23. The second-order valence-corrected chi connectivity index (χ2v) is 10.6. The van der Waals surface area contributed by atoms with Crippen LogP contribution in [0.25, 0.3) is 11.3 Å². The number of aryl methyl sites for hydroxylation is 1. The standard InChI is InChI=1S/C27H31N7O3/c1-27(2,3)25-33-32-24(37-25)23(36)13-16-5-7-20(35)12-18-11-17(6-8-21(16)18)22-9-10-28-26(31-22)30-19-14-29-34(4)15-19/h6,8-11,14-16,20,35H,5,7,12-13H2,1-4H3,(H,28,30,31). The number of hydrogen-bond donors (Lipinski definition) is 2. The molecule has 0 aliphatic heterocycles. The van der Waals surface area contributed by atoms with E-state index in [4.69, 9.17) is 4.42 Å². The number of carbonyl (C=O) groups is 1. The Morgan fingerprint density at radius 2 is 2.05 bits per heavy atom. The number of nitrogens with zero attached hydrogens (tertiary/aromatic N) is 6.